The van der Waals surface area contributed by atoms with Gasteiger partial charge in [-0.15, -0.1) is 0 Å². The Bertz CT molecular complexity index is 397. The number of nitrogens with zero attached hydrogens (tertiary/aromatic N) is 2. The fourth-order valence-electron chi connectivity index (χ4n) is 4.08. The van der Waals surface area contributed by atoms with Crippen molar-refractivity contribution < 1.29 is 9.53 Å². The van der Waals surface area contributed by atoms with Crippen molar-refractivity contribution in [3.63, 3.8) is 0 Å². The minimum absolute atomic E-state index is 0.0128. The van der Waals surface area contributed by atoms with E-state index >= 15 is 0 Å². The normalized spacial score (nSPS) is 29.9. The highest BCUT2D eigenvalue weighted by molar-refractivity contribution is 5.74. The zero-order valence-corrected chi connectivity index (χ0v) is 14.1. The van der Waals surface area contributed by atoms with Crippen LogP contribution in [0.3, 0.4) is 0 Å². The molecule has 5 nitrogen and oxygen atoms in total. The molecule has 1 aliphatic carbocycles. The molecule has 0 radical (unpaired) electrons. The van der Waals surface area contributed by atoms with Crippen molar-refractivity contribution in [2.75, 3.05) is 39.3 Å². The van der Waals surface area contributed by atoms with Crippen molar-refractivity contribution in [3.8, 4) is 0 Å². The summed E-state index contributed by atoms with van der Waals surface area (Å²) in [6.45, 7) is 9.92. The van der Waals surface area contributed by atoms with Crippen molar-refractivity contribution in [1.29, 1.82) is 0 Å². The third-order valence-corrected chi connectivity index (χ3v) is 5.44. The molecule has 1 saturated carbocycles. The molecule has 0 aromatic heterocycles. The van der Waals surface area contributed by atoms with E-state index in [4.69, 9.17) is 4.74 Å². The first-order chi connectivity index (χ1) is 10.6. The zero-order chi connectivity index (χ0) is 15.6. The molecule has 126 valence electrons. The Hall–Kier alpha value is -0.810. The molecule has 2 atom stereocenters. The topological polar surface area (TPSA) is 44.8 Å². The number of hydrogen-bond acceptors (Lipinski definition) is 3. The van der Waals surface area contributed by atoms with Gasteiger partial charge in [-0.1, -0.05) is 6.92 Å². The number of morpholine rings is 1. The van der Waals surface area contributed by atoms with E-state index in [-0.39, 0.29) is 17.7 Å². The zero-order valence-electron chi connectivity index (χ0n) is 14.1. The highest BCUT2D eigenvalue weighted by Crippen LogP contribution is 2.38. The second-order valence-corrected chi connectivity index (χ2v) is 7.66. The van der Waals surface area contributed by atoms with Crippen molar-refractivity contribution in [3.05, 3.63) is 0 Å². The standard InChI is InChI=1S/C17H31N3O2/c1-14-5-3-8-19(11-14)12-15(2)18-16(21)20-9-10-22-17(13-20)6-4-7-17/h14-15H,3-13H2,1-2H3,(H,18,21). The number of urea groups is 1. The fraction of sp³-hybridized carbons (Fsp3) is 0.941. The van der Waals surface area contributed by atoms with Gasteiger partial charge >= 0.3 is 6.03 Å². The summed E-state index contributed by atoms with van der Waals surface area (Å²) in [4.78, 5) is 16.9. The molecule has 3 fully saturated rings. The molecule has 2 unspecified atom stereocenters. The Morgan fingerprint density at radius 3 is 2.86 bits per heavy atom. The summed E-state index contributed by atoms with van der Waals surface area (Å²) in [6, 6.07) is 0.296. The maximum atomic E-state index is 12.5. The molecule has 0 bridgehead atoms. The van der Waals surface area contributed by atoms with Crippen LogP contribution in [0, 0.1) is 5.92 Å². The van der Waals surface area contributed by atoms with E-state index in [0.29, 0.717) is 6.61 Å². The van der Waals surface area contributed by atoms with Gasteiger partial charge in [0.15, 0.2) is 0 Å². The number of hydrogen-bond donors (Lipinski definition) is 1. The van der Waals surface area contributed by atoms with Crippen molar-refractivity contribution in [2.24, 2.45) is 5.92 Å². The highest BCUT2D eigenvalue weighted by atomic mass is 16.5. The summed E-state index contributed by atoms with van der Waals surface area (Å²) >= 11 is 0. The van der Waals surface area contributed by atoms with Crippen LogP contribution in [0.1, 0.15) is 46.0 Å². The lowest BCUT2D eigenvalue weighted by Crippen LogP contribution is -2.60. The summed E-state index contributed by atoms with van der Waals surface area (Å²) < 4.78 is 5.89. The monoisotopic (exact) mass is 309 g/mol. The summed E-state index contributed by atoms with van der Waals surface area (Å²) in [5, 5.41) is 3.19. The van der Waals surface area contributed by atoms with Crippen molar-refractivity contribution in [2.45, 2.75) is 57.6 Å². The third-order valence-electron chi connectivity index (χ3n) is 5.44. The van der Waals surface area contributed by atoms with Crippen LogP contribution in [0.5, 0.6) is 0 Å². The van der Waals surface area contributed by atoms with E-state index in [9.17, 15) is 4.79 Å². The number of piperidine rings is 1. The average molecular weight is 309 g/mol. The minimum Gasteiger partial charge on any atom is -0.371 e. The Balaban J connectivity index is 1.44. The summed E-state index contributed by atoms with van der Waals surface area (Å²) in [6.07, 6.45) is 6.08. The fourth-order valence-corrected chi connectivity index (χ4v) is 4.08. The average Bonchev–Trinajstić information content (AvgIpc) is 2.45. The number of ether oxygens (including phenoxy) is 1. The molecule has 0 aromatic rings. The van der Waals surface area contributed by atoms with Gasteiger partial charge in [0.2, 0.25) is 0 Å². The number of likely N-dealkylation sites (tertiary alicyclic amines) is 1. The van der Waals surface area contributed by atoms with Crippen LogP contribution >= 0.6 is 0 Å². The second-order valence-electron chi connectivity index (χ2n) is 7.66. The molecule has 1 N–H and O–H groups in total. The lowest BCUT2D eigenvalue weighted by molar-refractivity contribution is -0.141. The lowest BCUT2D eigenvalue weighted by Gasteiger charge is -2.48. The summed E-state index contributed by atoms with van der Waals surface area (Å²) in [5.74, 6) is 0.786. The number of rotatable bonds is 3. The minimum atomic E-state index is -0.0128. The molecule has 3 aliphatic rings. The van der Waals surface area contributed by atoms with Crippen LogP contribution in [0.4, 0.5) is 4.79 Å². The molecule has 3 rings (SSSR count). The number of carbonyl (C=O) groups excluding carboxylic acids is 1. The molecule has 22 heavy (non-hydrogen) atoms. The maximum Gasteiger partial charge on any atom is 0.317 e. The quantitative estimate of drug-likeness (QED) is 0.868. The van der Waals surface area contributed by atoms with E-state index in [1.54, 1.807) is 0 Å². The molecule has 2 aliphatic heterocycles. The van der Waals surface area contributed by atoms with Gasteiger partial charge in [-0.2, -0.15) is 0 Å². The highest BCUT2D eigenvalue weighted by Gasteiger charge is 2.43. The predicted molar refractivity (Wildman–Crippen MR) is 86.9 cm³/mol. The van der Waals surface area contributed by atoms with Crippen molar-refractivity contribution in [1.82, 2.24) is 15.1 Å². The van der Waals surface area contributed by atoms with E-state index in [0.717, 1.165) is 38.4 Å². The van der Waals surface area contributed by atoms with E-state index in [2.05, 4.69) is 24.1 Å². The van der Waals surface area contributed by atoms with Gasteiger partial charge in [0, 0.05) is 25.7 Å². The third kappa shape index (κ3) is 3.74. The first-order valence-corrected chi connectivity index (χ1v) is 8.98. The molecule has 5 heteroatoms. The predicted octanol–water partition coefficient (Wildman–Crippen LogP) is 2.07. The van der Waals surface area contributed by atoms with Crippen LogP contribution in [-0.4, -0.2) is 66.8 Å². The Kier molecular flexibility index (Phi) is 4.93. The molecule has 1 spiro atoms. The summed E-state index contributed by atoms with van der Waals surface area (Å²) in [7, 11) is 0. The van der Waals surface area contributed by atoms with Gasteiger partial charge in [-0.25, -0.2) is 4.79 Å². The summed E-state index contributed by atoms with van der Waals surface area (Å²) in [5.41, 5.74) is -0.0128. The number of carbonyl (C=O) groups is 1. The maximum absolute atomic E-state index is 12.5. The lowest BCUT2D eigenvalue weighted by atomic mass is 9.79. The van der Waals surface area contributed by atoms with Crippen LogP contribution in [0.15, 0.2) is 0 Å². The molecule has 2 heterocycles. The second kappa shape index (κ2) is 6.75. The number of amides is 2. The van der Waals surface area contributed by atoms with E-state index in [1.807, 2.05) is 4.90 Å². The van der Waals surface area contributed by atoms with Gasteiger partial charge in [0.1, 0.15) is 0 Å². The van der Waals surface area contributed by atoms with Crippen molar-refractivity contribution >= 4 is 6.03 Å². The molecular weight excluding hydrogens is 278 g/mol. The Morgan fingerprint density at radius 2 is 2.18 bits per heavy atom. The smallest absolute Gasteiger partial charge is 0.317 e. The molecule has 2 amide bonds. The number of nitrogens with one attached hydrogen (secondary N) is 1. The molecule has 0 aromatic carbocycles. The first kappa shape index (κ1) is 16.1. The first-order valence-electron chi connectivity index (χ1n) is 8.98. The van der Waals surface area contributed by atoms with Gasteiger partial charge in [-0.3, -0.25) is 0 Å². The Labute approximate surface area is 134 Å². The van der Waals surface area contributed by atoms with Gasteiger partial charge in [0.05, 0.1) is 18.8 Å². The van der Waals surface area contributed by atoms with Crippen LogP contribution < -0.4 is 5.32 Å². The van der Waals surface area contributed by atoms with Gasteiger partial charge < -0.3 is 19.9 Å². The molecule has 2 saturated heterocycles. The largest absolute Gasteiger partial charge is 0.371 e. The van der Waals surface area contributed by atoms with Gasteiger partial charge in [0.25, 0.3) is 0 Å². The van der Waals surface area contributed by atoms with E-state index in [1.165, 1.54) is 32.4 Å². The van der Waals surface area contributed by atoms with Crippen LogP contribution in [-0.2, 0) is 4.74 Å². The van der Waals surface area contributed by atoms with Gasteiger partial charge in [-0.05, 0) is 51.5 Å². The van der Waals surface area contributed by atoms with Crippen LogP contribution in [0.2, 0.25) is 0 Å². The molecular formula is C17H31N3O2. The van der Waals surface area contributed by atoms with Crippen LogP contribution in [0.25, 0.3) is 0 Å². The Morgan fingerprint density at radius 1 is 1.36 bits per heavy atom. The SMILES string of the molecule is CC1CCCN(CC(C)NC(=O)N2CCOC3(CCC3)C2)C1. The van der Waals surface area contributed by atoms with E-state index < -0.39 is 0 Å².